The number of hydrogen-bond acceptors (Lipinski definition) is 7. The maximum atomic E-state index is 13.7. The van der Waals surface area contributed by atoms with Crippen LogP contribution in [0.4, 0.5) is 4.39 Å². The third kappa shape index (κ3) is 4.61. The second-order valence-corrected chi connectivity index (χ2v) is 9.45. The van der Waals surface area contributed by atoms with Crippen LogP contribution in [0.5, 0.6) is 0 Å². The van der Waals surface area contributed by atoms with Crippen LogP contribution in [0.3, 0.4) is 0 Å². The molecular formula is C28H21FN2O6S. The predicted molar refractivity (Wildman–Crippen MR) is 138 cm³/mol. The topological polar surface area (TPSA) is 111 Å². The Morgan fingerprint density at radius 2 is 1.84 bits per heavy atom. The third-order valence-corrected chi connectivity index (χ3v) is 7.00. The average Bonchev–Trinajstić information content (AvgIpc) is 3.48. The van der Waals surface area contributed by atoms with Gasteiger partial charge in [0.1, 0.15) is 17.3 Å². The summed E-state index contributed by atoms with van der Waals surface area (Å²) >= 11 is 1.14. The van der Waals surface area contributed by atoms with Gasteiger partial charge in [-0.25, -0.2) is 19.0 Å². The number of thiazole rings is 1. The number of hydrogen-bond donors (Lipinski definition) is 1. The smallest absolute Gasteiger partial charge is 0.338 e. The number of nitrogens with zero attached hydrogens (tertiary/aromatic N) is 2. The molecule has 10 heteroatoms. The summed E-state index contributed by atoms with van der Waals surface area (Å²) in [5, 5.41) is 9.09. The minimum Gasteiger partial charge on any atom is -0.478 e. The lowest BCUT2D eigenvalue weighted by atomic mass is 9.96. The Balaban J connectivity index is 1.59. The van der Waals surface area contributed by atoms with Gasteiger partial charge < -0.3 is 14.3 Å². The number of halogens is 1. The number of carboxylic acid groups (broad SMARTS) is 1. The number of benzene rings is 2. The predicted octanol–water partition coefficient (Wildman–Crippen LogP) is 3.90. The lowest BCUT2D eigenvalue weighted by Gasteiger charge is -2.24. The van der Waals surface area contributed by atoms with Gasteiger partial charge in [-0.05, 0) is 55.8 Å². The molecule has 2 aromatic heterocycles. The monoisotopic (exact) mass is 532 g/mol. The van der Waals surface area contributed by atoms with Crippen LogP contribution in [0.15, 0.2) is 86.1 Å². The van der Waals surface area contributed by atoms with Crippen molar-refractivity contribution in [2.75, 3.05) is 6.61 Å². The van der Waals surface area contributed by atoms with E-state index < -0.39 is 23.8 Å². The Bertz CT molecular complexity index is 1760. The van der Waals surface area contributed by atoms with Gasteiger partial charge in [0.2, 0.25) is 0 Å². The van der Waals surface area contributed by atoms with Crippen molar-refractivity contribution in [1.82, 2.24) is 4.57 Å². The number of ether oxygens (including phenoxy) is 1. The maximum Gasteiger partial charge on any atom is 0.338 e. The molecule has 38 heavy (non-hydrogen) atoms. The molecule has 0 bridgehead atoms. The number of rotatable bonds is 6. The first kappa shape index (κ1) is 25.1. The van der Waals surface area contributed by atoms with Crippen LogP contribution in [0.2, 0.25) is 0 Å². The van der Waals surface area contributed by atoms with Gasteiger partial charge in [0.05, 0.1) is 34.0 Å². The number of fused-ring (bicyclic) bond motifs is 1. The Morgan fingerprint density at radius 3 is 2.50 bits per heavy atom. The molecule has 192 valence electrons. The first-order chi connectivity index (χ1) is 18.3. The van der Waals surface area contributed by atoms with Gasteiger partial charge in [-0.15, -0.1) is 0 Å². The van der Waals surface area contributed by atoms with E-state index in [-0.39, 0.29) is 23.3 Å². The number of aromatic nitrogens is 1. The largest absolute Gasteiger partial charge is 0.478 e. The maximum absolute atomic E-state index is 13.7. The molecular weight excluding hydrogens is 511 g/mol. The molecule has 0 spiro atoms. The third-order valence-electron chi connectivity index (χ3n) is 6.02. The first-order valence-corrected chi connectivity index (χ1v) is 12.5. The van der Waals surface area contributed by atoms with Gasteiger partial charge in [-0.1, -0.05) is 35.6 Å². The van der Waals surface area contributed by atoms with E-state index in [0.29, 0.717) is 37.7 Å². The van der Waals surface area contributed by atoms with Crippen LogP contribution in [0.25, 0.3) is 17.4 Å². The van der Waals surface area contributed by atoms with Gasteiger partial charge >= 0.3 is 11.9 Å². The normalized spacial score (nSPS) is 15.2. The molecule has 0 saturated carbocycles. The van der Waals surface area contributed by atoms with Gasteiger partial charge in [0.25, 0.3) is 5.56 Å². The summed E-state index contributed by atoms with van der Waals surface area (Å²) in [7, 11) is 0. The van der Waals surface area contributed by atoms with Crippen LogP contribution in [-0.4, -0.2) is 28.2 Å². The van der Waals surface area contributed by atoms with Crippen LogP contribution in [-0.2, 0) is 9.53 Å². The van der Waals surface area contributed by atoms with Crippen LogP contribution < -0.4 is 14.9 Å². The Labute approximate surface area is 219 Å². The summed E-state index contributed by atoms with van der Waals surface area (Å²) in [6.45, 7) is 3.51. The fraction of sp³-hybridized carbons (Fsp3) is 0.143. The van der Waals surface area contributed by atoms with Crippen LogP contribution in [0.1, 0.15) is 41.6 Å². The van der Waals surface area contributed by atoms with E-state index in [1.165, 1.54) is 41.0 Å². The molecule has 1 aliphatic rings. The zero-order valence-corrected chi connectivity index (χ0v) is 21.1. The minimum absolute atomic E-state index is 0.149. The molecule has 0 aliphatic carbocycles. The lowest BCUT2D eigenvalue weighted by molar-refractivity contribution is -0.139. The van der Waals surface area contributed by atoms with Crippen molar-refractivity contribution < 1.29 is 28.2 Å². The fourth-order valence-electron chi connectivity index (χ4n) is 4.24. The van der Waals surface area contributed by atoms with Crippen LogP contribution >= 0.6 is 11.3 Å². The molecule has 3 heterocycles. The molecule has 0 saturated heterocycles. The van der Waals surface area contributed by atoms with Gasteiger partial charge in [0, 0.05) is 11.6 Å². The Kier molecular flexibility index (Phi) is 6.64. The highest BCUT2D eigenvalue weighted by atomic mass is 32.1. The van der Waals surface area contributed by atoms with E-state index in [4.69, 9.17) is 14.3 Å². The minimum atomic E-state index is -1.02. The zero-order valence-electron chi connectivity index (χ0n) is 20.3. The number of furan rings is 1. The number of esters is 1. The summed E-state index contributed by atoms with van der Waals surface area (Å²) in [5.41, 5.74) is 1.62. The highest BCUT2D eigenvalue weighted by Gasteiger charge is 2.33. The molecule has 1 aliphatic heterocycles. The average molecular weight is 533 g/mol. The number of carbonyl (C=O) groups is 2. The van der Waals surface area contributed by atoms with E-state index in [0.717, 1.165) is 11.3 Å². The number of aromatic carboxylic acids is 1. The SMILES string of the molecule is CCOC(=O)C1=C(C)N=c2sc(=Cc3ccc(-c4ccc(C(=O)O)cc4)o3)c(=O)n2C1c1ccc(F)cc1. The zero-order chi connectivity index (χ0) is 27.0. The molecule has 5 rings (SSSR count). The highest BCUT2D eigenvalue weighted by molar-refractivity contribution is 7.07. The second-order valence-electron chi connectivity index (χ2n) is 8.44. The summed E-state index contributed by atoms with van der Waals surface area (Å²) in [4.78, 5) is 42.5. The number of carboxylic acids is 1. The summed E-state index contributed by atoms with van der Waals surface area (Å²) in [6, 6.07) is 14.4. The van der Waals surface area contributed by atoms with Crippen molar-refractivity contribution in [3.8, 4) is 11.3 Å². The van der Waals surface area contributed by atoms with E-state index in [1.54, 1.807) is 44.2 Å². The molecule has 2 aromatic carbocycles. The highest BCUT2D eigenvalue weighted by Crippen LogP contribution is 2.31. The molecule has 1 unspecified atom stereocenters. The van der Waals surface area contributed by atoms with Gasteiger partial charge in [0.15, 0.2) is 4.80 Å². The lowest BCUT2D eigenvalue weighted by Crippen LogP contribution is -2.39. The summed E-state index contributed by atoms with van der Waals surface area (Å²) in [5.74, 6) is -1.14. The van der Waals surface area contributed by atoms with Crippen molar-refractivity contribution in [1.29, 1.82) is 0 Å². The molecule has 8 nitrogen and oxygen atoms in total. The first-order valence-electron chi connectivity index (χ1n) is 11.7. The van der Waals surface area contributed by atoms with E-state index in [9.17, 15) is 18.8 Å². The molecule has 1 atom stereocenters. The number of carbonyl (C=O) groups excluding carboxylic acids is 1. The number of allylic oxidation sites excluding steroid dienone is 1. The van der Waals surface area contributed by atoms with Gasteiger partial charge in [-0.3, -0.25) is 9.36 Å². The quantitative estimate of drug-likeness (QED) is 0.377. The van der Waals surface area contributed by atoms with E-state index in [2.05, 4.69) is 4.99 Å². The van der Waals surface area contributed by atoms with E-state index >= 15 is 0 Å². The van der Waals surface area contributed by atoms with Gasteiger partial charge in [-0.2, -0.15) is 0 Å². The van der Waals surface area contributed by atoms with Crippen molar-refractivity contribution in [3.63, 3.8) is 0 Å². The van der Waals surface area contributed by atoms with Crippen molar-refractivity contribution >= 4 is 29.4 Å². The van der Waals surface area contributed by atoms with E-state index in [1.807, 2.05) is 0 Å². The summed E-state index contributed by atoms with van der Waals surface area (Å²) in [6.07, 6.45) is 1.59. The molecule has 1 N–H and O–H groups in total. The van der Waals surface area contributed by atoms with Crippen molar-refractivity contribution in [2.24, 2.45) is 4.99 Å². The molecule has 0 fully saturated rings. The Morgan fingerprint density at radius 1 is 1.13 bits per heavy atom. The molecule has 0 amide bonds. The standard InChI is InChI=1S/C28H21FN2O6S/c1-3-36-27(35)23-15(2)30-28-31(24(23)17-8-10-19(29)11-9-17)25(32)22(38-28)14-20-12-13-21(37-20)16-4-6-18(7-5-16)26(33)34/h4-14,24H,3H2,1-2H3,(H,33,34). The second kappa shape index (κ2) is 10.1. The summed E-state index contributed by atoms with van der Waals surface area (Å²) < 4.78 is 26.6. The fourth-order valence-corrected chi connectivity index (χ4v) is 5.27. The van der Waals surface area contributed by atoms with Crippen LogP contribution in [0, 0.1) is 5.82 Å². The van der Waals surface area contributed by atoms with Crippen molar-refractivity contribution in [3.05, 3.63) is 114 Å². The molecule has 4 aromatic rings. The van der Waals surface area contributed by atoms with Crippen molar-refractivity contribution in [2.45, 2.75) is 19.9 Å². The molecule has 0 radical (unpaired) electrons. The Hall–Kier alpha value is -4.57.